The van der Waals surface area contributed by atoms with Gasteiger partial charge in [0.25, 0.3) is 11.6 Å². The van der Waals surface area contributed by atoms with Gasteiger partial charge in [-0.05, 0) is 56.2 Å². The van der Waals surface area contributed by atoms with Crippen molar-refractivity contribution in [1.82, 2.24) is 10.3 Å². The monoisotopic (exact) mass is 448 g/mol. The Morgan fingerprint density at radius 1 is 1.06 bits per heavy atom. The average Bonchev–Trinajstić information content (AvgIpc) is 2.82. The second-order valence-corrected chi connectivity index (χ2v) is 7.92. The van der Waals surface area contributed by atoms with Crippen molar-refractivity contribution in [1.29, 1.82) is 0 Å². The zero-order valence-corrected chi connectivity index (χ0v) is 18.9. The quantitative estimate of drug-likeness (QED) is 0.333. The highest BCUT2D eigenvalue weighted by atomic mass is 16.6. The van der Waals surface area contributed by atoms with Gasteiger partial charge >= 0.3 is 0 Å². The molecule has 0 saturated carbocycles. The first kappa shape index (κ1) is 23.9. The normalized spacial score (nSPS) is 11.8. The molecule has 2 N–H and O–H groups in total. The number of hydrogen-bond acceptors (Lipinski definition) is 6. The number of hydrogen-bond donors (Lipinski definition) is 2. The molecular formula is C25H28N4O4. The molecular weight excluding hydrogens is 420 g/mol. The van der Waals surface area contributed by atoms with Gasteiger partial charge in [-0.3, -0.25) is 19.9 Å². The summed E-state index contributed by atoms with van der Waals surface area (Å²) in [6.45, 7) is 6.54. The Morgan fingerprint density at radius 3 is 2.45 bits per heavy atom. The van der Waals surface area contributed by atoms with Crippen LogP contribution in [-0.2, 0) is 17.9 Å². The second kappa shape index (κ2) is 11.2. The number of pyridine rings is 1. The van der Waals surface area contributed by atoms with Crippen LogP contribution in [0, 0.1) is 10.1 Å². The first-order valence-corrected chi connectivity index (χ1v) is 10.8. The summed E-state index contributed by atoms with van der Waals surface area (Å²) in [6, 6.07) is 17.4. The molecule has 0 aliphatic heterocycles. The van der Waals surface area contributed by atoms with Gasteiger partial charge in [-0.1, -0.05) is 30.3 Å². The van der Waals surface area contributed by atoms with Gasteiger partial charge < -0.3 is 15.4 Å². The Kier molecular flexibility index (Phi) is 8.10. The minimum atomic E-state index is -0.497. The fraction of sp³-hybridized carbons (Fsp3) is 0.280. The molecule has 0 aliphatic carbocycles. The third kappa shape index (κ3) is 6.60. The SMILES string of the molecule is CC(C)OCc1ccccc1CNC(=O)c1ccc(NC(C)c2ccccn2)c([N+](=O)[O-])c1. The molecule has 8 nitrogen and oxygen atoms in total. The van der Waals surface area contributed by atoms with Gasteiger partial charge in [0.05, 0.1) is 29.4 Å². The Bertz CT molecular complexity index is 1100. The molecule has 0 aliphatic rings. The number of nitrogens with zero attached hydrogens (tertiary/aromatic N) is 2. The minimum Gasteiger partial charge on any atom is -0.374 e. The molecule has 0 bridgehead atoms. The van der Waals surface area contributed by atoms with Crippen molar-refractivity contribution in [2.24, 2.45) is 0 Å². The van der Waals surface area contributed by atoms with Crippen LogP contribution in [0.3, 0.4) is 0 Å². The zero-order chi connectivity index (χ0) is 23.8. The lowest BCUT2D eigenvalue weighted by molar-refractivity contribution is -0.384. The first-order chi connectivity index (χ1) is 15.8. The van der Waals surface area contributed by atoms with Crippen LogP contribution in [0.1, 0.15) is 54.0 Å². The fourth-order valence-corrected chi connectivity index (χ4v) is 3.29. The maximum absolute atomic E-state index is 12.7. The third-order valence-corrected chi connectivity index (χ3v) is 5.09. The Hall–Kier alpha value is -3.78. The average molecular weight is 449 g/mol. The van der Waals surface area contributed by atoms with Gasteiger partial charge in [-0.2, -0.15) is 0 Å². The van der Waals surface area contributed by atoms with Crippen LogP contribution in [-0.4, -0.2) is 21.9 Å². The predicted molar refractivity (Wildman–Crippen MR) is 127 cm³/mol. The van der Waals surface area contributed by atoms with Crippen LogP contribution in [0.15, 0.2) is 66.9 Å². The van der Waals surface area contributed by atoms with E-state index in [0.29, 0.717) is 18.8 Å². The second-order valence-electron chi connectivity index (χ2n) is 7.92. The van der Waals surface area contributed by atoms with Crippen LogP contribution in [0.5, 0.6) is 0 Å². The number of carbonyl (C=O) groups excluding carboxylic acids is 1. The summed E-state index contributed by atoms with van der Waals surface area (Å²) in [5.74, 6) is -0.387. The molecule has 3 aromatic rings. The van der Waals surface area contributed by atoms with E-state index in [0.717, 1.165) is 16.8 Å². The Labute approximate surface area is 193 Å². The highest BCUT2D eigenvalue weighted by Crippen LogP contribution is 2.29. The number of nitro benzene ring substituents is 1. The lowest BCUT2D eigenvalue weighted by Crippen LogP contribution is -2.23. The molecule has 1 amide bonds. The summed E-state index contributed by atoms with van der Waals surface area (Å²) in [4.78, 5) is 28.2. The van der Waals surface area contributed by atoms with Gasteiger partial charge in [0.15, 0.2) is 0 Å². The van der Waals surface area contributed by atoms with Crippen LogP contribution in [0.4, 0.5) is 11.4 Å². The van der Waals surface area contributed by atoms with Crippen molar-refractivity contribution in [3.8, 4) is 0 Å². The lowest BCUT2D eigenvalue weighted by atomic mass is 10.1. The van der Waals surface area contributed by atoms with Crippen LogP contribution >= 0.6 is 0 Å². The van der Waals surface area contributed by atoms with E-state index in [2.05, 4.69) is 15.6 Å². The summed E-state index contributed by atoms with van der Waals surface area (Å²) in [6.07, 6.45) is 1.77. The number of benzene rings is 2. The lowest BCUT2D eigenvalue weighted by Gasteiger charge is -2.15. The minimum absolute atomic E-state index is 0.0979. The Balaban J connectivity index is 1.71. The van der Waals surface area contributed by atoms with Crippen LogP contribution < -0.4 is 10.6 Å². The van der Waals surface area contributed by atoms with Crippen LogP contribution in [0.25, 0.3) is 0 Å². The molecule has 1 aromatic heterocycles. The highest BCUT2D eigenvalue weighted by molar-refractivity contribution is 5.95. The van der Waals surface area contributed by atoms with Gasteiger partial charge in [-0.15, -0.1) is 0 Å². The van der Waals surface area contributed by atoms with Gasteiger partial charge in [-0.25, -0.2) is 0 Å². The van der Waals surface area contributed by atoms with Crippen molar-refractivity contribution >= 4 is 17.3 Å². The van der Waals surface area contributed by atoms with E-state index in [9.17, 15) is 14.9 Å². The first-order valence-electron chi connectivity index (χ1n) is 10.8. The molecule has 172 valence electrons. The summed E-state index contributed by atoms with van der Waals surface area (Å²) in [5, 5.41) is 17.6. The molecule has 8 heteroatoms. The summed E-state index contributed by atoms with van der Waals surface area (Å²) in [7, 11) is 0. The molecule has 0 spiro atoms. The standard InChI is InChI=1S/C25H28N4O4/c1-17(2)33-16-21-9-5-4-8-20(21)15-27-25(30)19-11-12-23(24(14-19)29(31)32)28-18(3)22-10-6-7-13-26-22/h4-14,17-18,28H,15-16H2,1-3H3,(H,27,30). The molecule has 1 unspecified atom stereocenters. The van der Waals surface area contributed by atoms with E-state index >= 15 is 0 Å². The van der Waals surface area contributed by atoms with Crippen LogP contribution in [0.2, 0.25) is 0 Å². The largest absolute Gasteiger partial charge is 0.374 e. The summed E-state index contributed by atoms with van der Waals surface area (Å²) in [5.41, 5.74) is 3.05. The van der Waals surface area contributed by atoms with Gasteiger partial charge in [0, 0.05) is 24.4 Å². The summed E-state index contributed by atoms with van der Waals surface area (Å²) < 4.78 is 5.68. The molecule has 2 aromatic carbocycles. The number of carbonyl (C=O) groups is 1. The van der Waals surface area contributed by atoms with E-state index < -0.39 is 4.92 Å². The fourth-order valence-electron chi connectivity index (χ4n) is 3.29. The Morgan fingerprint density at radius 2 is 1.79 bits per heavy atom. The number of amides is 1. The molecule has 3 rings (SSSR count). The van der Waals surface area contributed by atoms with E-state index in [1.807, 2.05) is 63.2 Å². The number of anilines is 1. The maximum atomic E-state index is 12.7. The number of ether oxygens (including phenoxy) is 1. The van der Waals surface area contributed by atoms with Gasteiger partial charge in [0.2, 0.25) is 0 Å². The molecule has 1 heterocycles. The number of nitrogens with one attached hydrogen (secondary N) is 2. The van der Waals surface area contributed by atoms with Crippen molar-refractivity contribution in [3.63, 3.8) is 0 Å². The van der Waals surface area contributed by atoms with Gasteiger partial charge in [0.1, 0.15) is 5.69 Å². The number of rotatable bonds is 10. The van der Waals surface area contributed by atoms with E-state index in [4.69, 9.17) is 4.74 Å². The van der Waals surface area contributed by atoms with Crippen molar-refractivity contribution in [3.05, 3.63) is 99.4 Å². The maximum Gasteiger partial charge on any atom is 0.293 e. The predicted octanol–water partition coefficient (Wildman–Crippen LogP) is 5.02. The smallest absolute Gasteiger partial charge is 0.293 e. The summed E-state index contributed by atoms with van der Waals surface area (Å²) >= 11 is 0. The van der Waals surface area contributed by atoms with E-state index in [-0.39, 0.29) is 29.3 Å². The molecule has 1 atom stereocenters. The zero-order valence-electron chi connectivity index (χ0n) is 18.9. The van der Waals surface area contributed by atoms with E-state index in [1.54, 1.807) is 18.3 Å². The van der Waals surface area contributed by atoms with Crippen molar-refractivity contribution < 1.29 is 14.5 Å². The molecule has 0 radical (unpaired) electrons. The number of aromatic nitrogens is 1. The topological polar surface area (TPSA) is 106 Å². The highest BCUT2D eigenvalue weighted by Gasteiger charge is 2.20. The van der Waals surface area contributed by atoms with Crippen molar-refractivity contribution in [2.75, 3.05) is 5.32 Å². The molecule has 0 saturated heterocycles. The van der Waals surface area contributed by atoms with E-state index in [1.165, 1.54) is 6.07 Å². The molecule has 33 heavy (non-hydrogen) atoms. The van der Waals surface area contributed by atoms with Crippen molar-refractivity contribution in [2.45, 2.75) is 46.1 Å². The third-order valence-electron chi connectivity index (χ3n) is 5.09. The number of nitro groups is 1. The molecule has 0 fully saturated rings.